The van der Waals surface area contributed by atoms with E-state index in [0.29, 0.717) is 6.54 Å². The van der Waals surface area contributed by atoms with Crippen LogP contribution in [0.2, 0.25) is 0 Å². The van der Waals surface area contributed by atoms with Crippen LogP contribution in [0.4, 0.5) is 0 Å². The van der Waals surface area contributed by atoms with Crippen molar-refractivity contribution in [3.8, 4) is 0 Å². The van der Waals surface area contributed by atoms with E-state index in [9.17, 15) is 4.79 Å². The SMILES string of the molecule is O=C(CO)OC1CCNC1. The van der Waals surface area contributed by atoms with E-state index in [0.717, 1.165) is 13.0 Å². The number of carbonyl (C=O) groups is 1. The Kier molecular flexibility index (Phi) is 2.65. The van der Waals surface area contributed by atoms with Crippen LogP contribution in [0.25, 0.3) is 0 Å². The van der Waals surface area contributed by atoms with Gasteiger partial charge in [0.2, 0.25) is 0 Å². The molecular formula is C6H11NO3. The van der Waals surface area contributed by atoms with Gasteiger partial charge >= 0.3 is 5.97 Å². The van der Waals surface area contributed by atoms with Crippen LogP contribution >= 0.6 is 0 Å². The second-order valence-corrected chi connectivity index (χ2v) is 2.26. The summed E-state index contributed by atoms with van der Waals surface area (Å²) in [5.41, 5.74) is 0. The predicted molar refractivity (Wildman–Crippen MR) is 34.5 cm³/mol. The number of esters is 1. The van der Waals surface area contributed by atoms with Crippen LogP contribution in [0.15, 0.2) is 0 Å². The Balaban J connectivity index is 2.17. The van der Waals surface area contributed by atoms with Gasteiger partial charge in [0.05, 0.1) is 0 Å². The Hall–Kier alpha value is -0.610. The Morgan fingerprint density at radius 2 is 2.60 bits per heavy atom. The Bertz CT molecular complexity index is 120. The lowest BCUT2D eigenvalue weighted by Gasteiger charge is -2.07. The van der Waals surface area contributed by atoms with E-state index in [1.807, 2.05) is 0 Å². The van der Waals surface area contributed by atoms with E-state index in [4.69, 9.17) is 9.84 Å². The van der Waals surface area contributed by atoms with Crippen molar-refractivity contribution >= 4 is 5.97 Å². The number of carbonyl (C=O) groups excluding carboxylic acids is 1. The van der Waals surface area contributed by atoms with Gasteiger partial charge in [-0.3, -0.25) is 0 Å². The minimum absolute atomic E-state index is 0.0281. The third-order valence-corrected chi connectivity index (χ3v) is 1.44. The molecule has 0 aliphatic carbocycles. The van der Waals surface area contributed by atoms with Crippen LogP contribution in [0, 0.1) is 0 Å². The van der Waals surface area contributed by atoms with E-state index in [-0.39, 0.29) is 6.10 Å². The van der Waals surface area contributed by atoms with E-state index < -0.39 is 12.6 Å². The minimum Gasteiger partial charge on any atom is -0.459 e. The second-order valence-electron chi connectivity index (χ2n) is 2.26. The molecule has 1 aliphatic rings. The molecule has 1 unspecified atom stereocenters. The lowest BCUT2D eigenvalue weighted by Crippen LogP contribution is -2.22. The highest BCUT2D eigenvalue weighted by atomic mass is 16.6. The summed E-state index contributed by atoms with van der Waals surface area (Å²) in [6.45, 7) is 1.09. The molecule has 0 bridgehead atoms. The van der Waals surface area contributed by atoms with Crippen molar-refractivity contribution in [3.63, 3.8) is 0 Å². The number of hydrogen-bond acceptors (Lipinski definition) is 4. The molecule has 1 heterocycles. The average molecular weight is 145 g/mol. The van der Waals surface area contributed by atoms with Crippen molar-refractivity contribution in [1.29, 1.82) is 0 Å². The molecule has 4 heteroatoms. The fourth-order valence-electron chi connectivity index (χ4n) is 0.952. The maximum atomic E-state index is 10.5. The molecule has 1 aliphatic heterocycles. The van der Waals surface area contributed by atoms with Crippen LogP contribution in [0.1, 0.15) is 6.42 Å². The first-order valence-corrected chi connectivity index (χ1v) is 3.34. The van der Waals surface area contributed by atoms with Gasteiger partial charge in [0.25, 0.3) is 0 Å². The summed E-state index contributed by atoms with van der Waals surface area (Å²) in [5, 5.41) is 11.3. The number of hydrogen-bond donors (Lipinski definition) is 2. The average Bonchev–Trinajstić information content (AvgIpc) is 2.40. The smallest absolute Gasteiger partial charge is 0.332 e. The first-order chi connectivity index (χ1) is 4.83. The molecule has 0 spiro atoms. The summed E-state index contributed by atoms with van der Waals surface area (Å²) in [7, 11) is 0. The molecule has 1 atom stereocenters. The zero-order chi connectivity index (χ0) is 7.40. The molecule has 0 saturated carbocycles. The van der Waals surface area contributed by atoms with Gasteiger partial charge in [-0.1, -0.05) is 0 Å². The van der Waals surface area contributed by atoms with Gasteiger partial charge in [0.1, 0.15) is 12.7 Å². The zero-order valence-electron chi connectivity index (χ0n) is 5.67. The molecule has 0 amide bonds. The van der Waals surface area contributed by atoms with Gasteiger partial charge in [-0.05, 0) is 13.0 Å². The topological polar surface area (TPSA) is 58.6 Å². The molecule has 0 aromatic carbocycles. The molecule has 2 N–H and O–H groups in total. The first-order valence-electron chi connectivity index (χ1n) is 3.34. The Morgan fingerprint density at radius 1 is 1.80 bits per heavy atom. The number of ether oxygens (including phenoxy) is 1. The van der Waals surface area contributed by atoms with Crippen molar-refractivity contribution < 1.29 is 14.6 Å². The maximum Gasteiger partial charge on any atom is 0.332 e. The van der Waals surface area contributed by atoms with Crippen molar-refractivity contribution in [2.45, 2.75) is 12.5 Å². The zero-order valence-corrected chi connectivity index (χ0v) is 5.67. The summed E-state index contributed by atoms with van der Waals surface area (Å²) >= 11 is 0. The summed E-state index contributed by atoms with van der Waals surface area (Å²) in [6.07, 6.45) is 0.825. The van der Waals surface area contributed by atoms with E-state index in [1.165, 1.54) is 0 Å². The number of nitrogens with one attached hydrogen (secondary N) is 1. The second kappa shape index (κ2) is 3.53. The van der Waals surface area contributed by atoms with Gasteiger partial charge < -0.3 is 15.2 Å². The predicted octanol–water partition coefficient (Wildman–Crippen LogP) is -1.12. The lowest BCUT2D eigenvalue weighted by molar-refractivity contribution is -0.151. The molecule has 4 nitrogen and oxygen atoms in total. The van der Waals surface area contributed by atoms with Crippen LogP contribution in [0.5, 0.6) is 0 Å². The number of aliphatic hydroxyl groups is 1. The number of rotatable bonds is 2. The fraction of sp³-hybridized carbons (Fsp3) is 0.833. The normalized spacial score (nSPS) is 24.7. The molecule has 1 fully saturated rings. The molecule has 0 radical (unpaired) electrons. The van der Waals surface area contributed by atoms with Gasteiger partial charge in [-0.15, -0.1) is 0 Å². The van der Waals surface area contributed by atoms with Crippen molar-refractivity contribution in [1.82, 2.24) is 5.32 Å². The van der Waals surface area contributed by atoms with Gasteiger partial charge in [0.15, 0.2) is 0 Å². The van der Waals surface area contributed by atoms with Gasteiger partial charge in [0, 0.05) is 6.54 Å². The fourth-order valence-corrected chi connectivity index (χ4v) is 0.952. The standard InChI is InChI=1S/C6H11NO3/c8-4-6(9)10-5-1-2-7-3-5/h5,7-8H,1-4H2. The monoisotopic (exact) mass is 145 g/mol. The molecule has 10 heavy (non-hydrogen) atoms. The molecule has 0 aromatic rings. The highest BCUT2D eigenvalue weighted by Crippen LogP contribution is 2.02. The van der Waals surface area contributed by atoms with Crippen molar-refractivity contribution in [2.24, 2.45) is 0 Å². The van der Waals surface area contributed by atoms with E-state index in [2.05, 4.69) is 5.32 Å². The number of aliphatic hydroxyl groups excluding tert-OH is 1. The molecular weight excluding hydrogens is 134 g/mol. The Morgan fingerprint density at radius 3 is 3.10 bits per heavy atom. The van der Waals surface area contributed by atoms with Crippen LogP contribution < -0.4 is 5.32 Å². The Labute approximate surface area is 59.2 Å². The lowest BCUT2D eigenvalue weighted by atomic mass is 10.3. The minimum atomic E-state index is -0.534. The van der Waals surface area contributed by atoms with Gasteiger partial charge in [-0.25, -0.2) is 4.79 Å². The van der Waals surface area contributed by atoms with E-state index >= 15 is 0 Å². The van der Waals surface area contributed by atoms with Crippen LogP contribution in [-0.2, 0) is 9.53 Å². The third kappa shape index (κ3) is 1.97. The summed E-state index contributed by atoms with van der Waals surface area (Å²) in [4.78, 5) is 10.5. The van der Waals surface area contributed by atoms with Crippen LogP contribution in [-0.4, -0.2) is 36.9 Å². The van der Waals surface area contributed by atoms with Crippen LogP contribution in [0.3, 0.4) is 0 Å². The third-order valence-electron chi connectivity index (χ3n) is 1.44. The van der Waals surface area contributed by atoms with Crippen molar-refractivity contribution in [3.05, 3.63) is 0 Å². The maximum absolute atomic E-state index is 10.5. The molecule has 58 valence electrons. The largest absolute Gasteiger partial charge is 0.459 e. The van der Waals surface area contributed by atoms with Gasteiger partial charge in [-0.2, -0.15) is 0 Å². The first kappa shape index (κ1) is 7.50. The summed E-state index contributed by atoms with van der Waals surface area (Å²) < 4.78 is 4.81. The highest BCUT2D eigenvalue weighted by Gasteiger charge is 2.17. The molecule has 1 saturated heterocycles. The molecule has 1 rings (SSSR count). The van der Waals surface area contributed by atoms with Crippen molar-refractivity contribution in [2.75, 3.05) is 19.7 Å². The van der Waals surface area contributed by atoms with E-state index in [1.54, 1.807) is 0 Å². The highest BCUT2D eigenvalue weighted by molar-refractivity contribution is 5.70. The summed E-state index contributed by atoms with van der Waals surface area (Å²) in [6, 6.07) is 0. The quantitative estimate of drug-likeness (QED) is 0.483. The molecule has 0 aromatic heterocycles. The summed E-state index contributed by atoms with van der Waals surface area (Å²) in [5.74, 6) is -0.534.